The predicted molar refractivity (Wildman–Crippen MR) is 90.2 cm³/mol. The van der Waals surface area contributed by atoms with Crippen LogP contribution < -0.4 is 5.32 Å². The summed E-state index contributed by atoms with van der Waals surface area (Å²) in [4.78, 5) is 0. The van der Waals surface area contributed by atoms with Gasteiger partial charge in [0, 0.05) is 11.5 Å². The topological polar surface area (TPSA) is 12.0 Å². The maximum atomic E-state index is 3.84. The van der Waals surface area contributed by atoms with Crippen molar-refractivity contribution >= 4 is 0 Å². The zero-order chi connectivity index (χ0) is 14.8. The van der Waals surface area contributed by atoms with Crippen LogP contribution >= 0.6 is 0 Å². The van der Waals surface area contributed by atoms with Gasteiger partial charge in [-0.05, 0) is 44.2 Å². The van der Waals surface area contributed by atoms with Gasteiger partial charge in [0.1, 0.15) is 0 Å². The van der Waals surface area contributed by atoms with Crippen LogP contribution in [0.15, 0.2) is 43.0 Å². The zero-order valence-electron chi connectivity index (χ0n) is 13.5. The van der Waals surface area contributed by atoms with Gasteiger partial charge in [-0.2, -0.15) is 0 Å². The van der Waals surface area contributed by atoms with E-state index in [-0.39, 0.29) is 5.41 Å². The van der Waals surface area contributed by atoms with Crippen LogP contribution in [0, 0.1) is 0 Å². The molecule has 0 fully saturated rings. The number of hydrogen-bond acceptors (Lipinski definition) is 1. The molecule has 1 aromatic rings. The van der Waals surface area contributed by atoms with Gasteiger partial charge in [0.25, 0.3) is 0 Å². The van der Waals surface area contributed by atoms with Gasteiger partial charge in [-0.1, -0.05) is 57.2 Å². The predicted octanol–water partition coefficient (Wildman–Crippen LogP) is 5.08. The van der Waals surface area contributed by atoms with E-state index in [1.807, 2.05) is 6.08 Å². The summed E-state index contributed by atoms with van der Waals surface area (Å²) in [5.41, 5.74) is 1.73. The molecule has 0 aliphatic heterocycles. The molecule has 1 aromatic carbocycles. The molecule has 0 bridgehead atoms. The molecule has 1 rings (SSSR count). The standard InChI is InChI=1S/C19H31N/c1-5-9-11-16-18(20-8-4)19(6-2,7-3)17-14-12-10-13-15-17/h5,10,12-15,18,20H,1,6-9,11,16H2,2-4H3. The molecule has 0 aliphatic rings. The average Bonchev–Trinajstić information content (AvgIpc) is 2.50. The van der Waals surface area contributed by atoms with E-state index in [2.05, 4.69) is 63.0 Å². The number of hydrogen-bond donors (Lipinski definition) is 1. The highest BCUT2D eigenvalue weighted by molar-refractivity contribution is 5.27. The molecule has 0 aromatic heterocycles. The van der Waals surface area contributed by atoms with Gasteiger partial charge in [-0.15, -0.1) is 6.58 Å². The summed E-state index contributed by atoms with van der Waals surface area (Å²) in [6.07, 6.45) is 7.94. The summed E-state index contributed by atoms with van der Waals surface area (Å²) in [7, 11) is 0. The number of allylic oxidation sites excluding steroid dienone is 1. The molecular formula is C19H31N. The summed E-state index contributed by atoms with van der Waals surface area (Å²) in [6, 6.07) is 11.6. The Morgan fingerprint density at radius 3 is 2.30 bits per heavy atom. The van der Waals surface area contributed by atoms with E-state index in [1.54, 1.807) is 0 Å². The molecule has 1 atom stereocenters. The molecule has 0 amide bonds. The van der Waals surface area contributed by atoms with Crippen LogP contribution in [0.3, 0.4) is 0 Å². The normalized spacial score (nSPS) is 13.2. The number of benzene rings is 1. The maximum absolute atomic E-state index is 3.84. The van der Waals surface area contributed by atoms with Crippen LogP contribution in [0.5, 0.6) is 0 Å². The van der Waals surface area contributed by atoms with Gasteiger partial charge < -0.3 is 5.32 Å². The molecule has 0 saturated carbocycles. The molecule has 0 heterocycles. The molecule has 1 unspecified atom stereocenters. The van der Waals surface area contributed by atoms with Crippen molar-refractivity contribution in [3.05, 3.63) is 48.6 Å². The average molecular weight is 273 g/mol. The Kier molecular flexibility index (Phi) is 7.61. The van der Waals surface area contributed by atoms with Gasteiger partial charge in [0.2, 0.25) is 0 Å². The van der Waals surface area contributed by atoms with E-state index in [0.717, 1.165) is 13.0 Å². The largest absolute Gasteiger partial charge is 0.313 e. The smallest absolute Gasteiger partial charge is 0.0164 e. The minimum absolute atomic E-state index is 0.248. The highest BCUT2D eigenvalue weighted by atomic mass is 14.9. The van der Waals surface area contributed by atoms with Crippen molar-refractivity contribution in [2.24, 2.45) is 0 Å². The molecule has 0 radical (unpaired) electrons. The van der Waals surface area contributed by atoms with E-state index in [1.165, 1.54) is 31.2 Å². The summed E-state index contributed by atoms with van der Waals surface area (Å²) in [6.45, 7) is 11.7. The van der Waals surface area contributed by atoms with Crippen molar-refractivity contribution < 1.29 is 0 Å². The third kappa shape index (κ3) is 3.96. The number of nitrogens with one attached hydrogen (secondary N) is 1. The van der Waals surface area contributed by atoms with Crippen molar-refractivity contribution in [2.75, 3.05) is 6.54 Å². The maximum Gasteiger partial charge on any atom is 0.0164 e. The summed E-state index contributed by atoms with van der Waals surface area (Å²) in [5.74, 6) is 0. The highest BCUT2D eigenvalue weighted by Crippen LogP contribution is 2.37. The van der Waals surface area contributed by atoms with Crippen LogP contribution in [0.4, 0.5) is 0 Å². The first kappa shape index (κ1) is 17.0. The lowest BCUT2D eigenvalue weighted by Gasteiger charge is -2.41. The Hall–Kier alpha value is -1.08. The van der Waals surface area contributed by atoms with Crippen molar-refractivity contribution in [3.8, 4) is 0 Å². The monoisotopic (exact) mass is 273 g/mol. The van der Waals surface area contributed by atoms with Gasteiger partial charge >= 0.3 is 0 Å². The fourth-order valence-corrected chi connectivity index (χ4v) is 3.41. The molecule has 1 N–H and O–H groups in total. The fraction of sp³-hybridized carbons (Fsp3) is 0.579. The Balaban J connectivity index is 3.02. The van der Waals surface area contributed by atoms with E-state index in [9.17, 15) is 0 Å². The van der Waals surface area contributed by atoms with Crippen LogP contribution in [0.25, 0.3) is 0 Å². The zero-order valence-corrected chi connectivity index (χ0v) is 13.5. The lowest BCUT2D eigenvalue weighted by atomic mass is 9.68. The second-order valence-electron chi connectivity index (χ2n) is 5.56. The Morgan fingerprint density at radius 2 is 1.80 bits per heavy atom. The lowest BCUT2D eigenvalue weighted by Crippen LogP contribution is -2.48. The second-order valence-corrected chi connectivity index (χ2v) is 5.56. The number of likely N-dealkylation sites (N-methyl/N-ethyl adjacent to an activating group) is 1. The summed E-state index contributed by atoms with van der Waals surface area (Å²) < 4.78 is 0. The van der Waals surface area contributed by atoms with Gasteiger partial charge in [0.15, 0.2) is 0 Å². The van der Waals surface area contributed by atoms with E-state index < -0.39 is 0 Å². The van der Waals surface area contributed by atoms with Crippen molar-refractivity contribution in [2.45, 2.75) is 64.3 Å². The molecule has 0 aliphatic carbocycles. The van der Waals surface area contributed by atoms with E-state index >= 15 is 0 Å². The molecule has 112 valence electrons. The first-order valence-corrected chi connectivity index (χ1v) is 8.14. The van der Waals surface area contributed by atoms with Crippen LogP contribution in [0.1, 0.15) is 58.4 Å². The first-order chi connectivity index (χ1) is 9.75. The third-order valence-corrected chi connectivity index (χ3v) is 4.63. The fourth-order valence-electron chi connectivity index (χ4n) is 3.41. The molecule has 20 heavy (non-hydrogen) atoms. The molecule has 1 nitrogen and oxygen atoms in total. The van der Waals surface area contributed by atoms with E-state index in [0.29, 0.717) is 6.04 Å². The van der Waals surface area contributed by atoms with Crippen LogP contribution in [-0.2, 0) is 5.41 Å². The SMILES string of the molecule is C=CCCCC(NCC)C(CC)(CC)c1ccccc1. The van der Waals surface area contributed by atoms with Crippen LogP contribution in [-0.4, -0.2) is 12.6 Å². The van der Waals surface area contributed by atoms with Gasteiger partial charge in [-0.3, -0.25) is 0 Å². The first-order valence-electron chi connectivity index (χ1n) is 8.14. The Bertz CT molecular complexity index is 365. The lowest BCUT2D eigenvalue weighted by molar-refractivity contribution is 0.258. The summed E-state index contributed by atoms with van der Waals surface area (Å²) >= 11 is 0. The Morgan fingerprint density at radius 1 is 1.15 bits per heavy atom. The van der Waals surface area contributed by atoms with Gasteiger partial charge in [0.05, 0.1) is 0 Å². The van der Waals surface area contributed by atoms with Gasteiger partial charge in [-0.25, -0.2) is 0 Å². The minimum atomic E-state index is 0.248. The minimum Gasteiger partial charge on any atom is -0.313 e. The van der Waals surface area contributed by atoms with E-state index in [4.69, 9.17) is 0 Å². The number of rotatable bonds is 10. The molecule has 1 heteroatoms. The Labute approximate surface area is 125 Å². The quantitative estimate of drug-likeness (QED) is 0.463. The molecular weight excluding hydrogens is 242 g/mol. The van der Waals surface area contributed by atoms with Crippen molar-refractivity contribution in [1.29, 1.82) is 0 Å². The highest BCUT2D eigenvalue weighted by Gasteiger charge is 2.36. The third-order valence-electron chi connectivity index (χ3n) is 4.63. The molecule has 0 saturated heterocycles. The van der Waals surface area contributed by atoms with Crippen molar-refractivity contribution in [3.63, 3.8) is 0 Å². The second kappa shape index (κ2) is 8.97. The molecule has 0 spiro atoms. The van der Waals surface area contributed by atoms with Crippen molar-refractivity contribution in [1.82, 2.24) is 5.32 Å². The summed E-state index contributed by atoms with van der Waals surface area (Å²) in [5, 5.41) is 3.75. The van der Waals surface area contributed by atoms with Crippen LogP contribution in [0.2, 0.25) is 0 Å². The number of unbranched alkanes of at least 4 members (excludes halogenated alkanes) is 1.